The molecule has 0 saturated heterocycles. The predicted molar refractivity (Wildman–Crippen MR) is 60.2 cm³/mol. The van der Waals surface area contributed by atoms with E-state index < -0.39 is 0 Å². The third-order valence-electron chi connectivity index (χ3n) is 3.06. The van der Waals surface area contributed by atoms with Crippen molar-refractivity contribution < 1.29 is 9.13 Å². The summed E-state index contributed by atoms with van der Waals surface area (Å²) in [5, 5.41) is 1.92. The van der Waals surface area contributed by atoms with Gasteiger partial charge in [0.1, 0.15) is 5.82 Å². The molecule has 0 aliphatic heterocycles. The number of benzene rings is 1. The Bertz CT molecular complexity index is 549. The number of methoxy groups -OCH3 is 1. The van der Waals surface area contributed by atoms with Crippen LogP contribution in [0.5, 0.6) is 5.88 Å². The van der Waals surface area contributed by atoms with Crippen molar-refractivity contribution in [3.63, 3.8) is 0 Å². The number of hydrogen-bond donors (Lipinski definition) is 0. The first-order valence-electron chi connectivity index (χ1n) is 5.42. The molecule has 1 aliphatic carbocycles. The highest BCUT2D eigenvalue weighted by Gasteiger charge is 2.28. The number of pyridine rings is 1. The molecular formula is C13H12FNO. The van der Waals surface area contributed by atoms with Gasteiger partial charge >= 0.3 is 0 Å². The first-order chi connectivity index (χ1) is 7.79. The average molecular weight is 217 g/mol. The minimum Gasteiger partial charge on any atom is -0.481 e. The SMILES string of the molecule is COc1cc2ccc(F)c(C3CC3)c2cn1. The Hall–Kier alpha value is -1.64. The third-order valence-corrected chi connectivity index (χ3v) is 3.06. The summed E-state index contributed by atoms with van der Waals surface area (Å²) in [5.41, 5.74) is 0.827. The summed E-state index contributed by atoms with van der Waals surface area (Å²) in [7, 11) is 1.58. The quantitative estimate of drug-likeness (QED) is 0.770. The van der Waals surface area contributed by atoms with E-state index in [1.807, 2.05) is 6.07 Å². The van der Waals surface area contributed by atoms with Crippen LogP contribution in [0.1, 0.15) is 24.3 Å². The zero-order chi connectivity index (χ0) is 11.1. The molecule has 0 unspecified atom stereocenters. The largest absolute Gasteiger partial charge is 0.481 e. The van der Waals surface area contributed by atoms with E-state index >= 15 is 0 Å². The molecule has 1 fully saturated rings. The third kappa shape index (κ3) is 1.43. The number of hydrogen-bond acceptors (Lipinski definition) is 2. The molecule has 0 amide bonds. The van der Waals surface area contributed by atoms with E-state index in [1.54, 1.807) is 19.4 Å². The summed E-state index contributed by atoms with van der Waals surface area (Å²) in [6, 6.07) is 5.16. The van der Waals surface area contributed by atoms with Crippen molar-refractivity contribution in [3.05, 3.63) is 35.8 Å². The molecule has 2 nitrogen and oxygen atoms in total. The van der Waals surface area contributed by atoms with E-state index in [2.05, 4.69) is 4.98 Å². The Kier molecular flexibility index (Phi) is 2.06. The number of aromatic nitrogens is 1. The van der Waals surface area contributed by atoms with Crippen molar-refractivity contribution in [2.45, 2.75) is 18.8 Å². The van der Waals surface area contributed by atoms with E-state index in [1.165, 1.54) is 6.07 Å². The summed E-state index contributed by atoms with van der Waals surface area (Å²) in [4.78, 5) is 4.15. The molecule has 82 valence electrons. The second-order valence-electron chi connectivity index (χ2n) is 4.18. The lowest BCUT2D eigenvalue weighted by atomic mass is 10.0. The highest BCUT2D eigenvalue weighted by molar-refractivity contribution is 5.86. The van der Waals surface area contributed by atoms with Crippen molar-refractivity contribution in [3.8, 4) is 5.88 Å². The van der Waals surface area contributed by atoms with Gasteiger partial charge in [-0.1, -0.05) is 6.07 Å². The van der Waals surface area contributed by atoms with Gasteiger partial charge in [0.15, 0.2) is 0 Å². The summed E-state index contributed by atoms with van der Waals surface area (Å²) in [6.07, 6.45) is 3.88. The van der Waals surface area contributed by atoms with Gasteiger partial charge in [-0.05, 0) is 30.2 Å². The maximum absolute atomic E-state index is 13.7. The predicted octanol–water partition coefficient (Wildman–Crippen LogP) is 3.26. The van der Waals surface area contributed by atoms with E-state index in [9.17, 15) is 4.39 Å². The van der Waals surface area contributed by atoms with E-state index in [0.717, 1.165) is 29.2 Å². The maximum atomic E-state index is 13.7. The minimum atomic E-state index is -0.109. The molecular weight excluding hydrogens is 205 g/mol. The minimum absolute atomic E-state index is 0.109. The van der Waals surface area contributed by atoms with Crippen LogP contribution >= 0.6 is 0 Å². The fraction of sp³-hybridized carbons (Fsp3) is 0.308. The van der Waals surface area contributed by atoms with Crippen LogP contribution in [-0.4, -0.2) is 12.1 Å². The highest BCUT2D eigenvalue weighted by atomic mass is 19.1. The average Bonchev–Trinajstić information content (AvgIpc) is 3.12. The van der Waals surface area contributed by atoms with E-state index in [4.69, 9.17) is 4.74 Å². The Labute approximate surface area is 93.1 Å². The van der Waals surface area contributed by atoms with Crippen molar-refractivity contribution in [1.29, 1.82) is 0 Å². The van der Waals surface area contributed by atoms with E-state index in [0.29, 0.717) is 11.8 Å². The summed E-state index contributed by atoms with van der Waals surface area (Å²) < 4.78 is 18.8. The number of ether oxygens (including phenoxy) is 1. The normalized spacial score (nSPS) is 15.4. The molecule has 1 aliphatic rings. The molecule has 0 N–H and O–H groups in total. The molecule has 0 atom stereocenters. The fourth-order valence-electron chi connectivity index (χ4n) is 2.09. The fourth-order valence-corrected chi connectivity index (χ4v) is 2.09. The van der Waals surface area contributed by atoms with Crippen molar-refractivity contribution in [1.82, 2.24) is 4.98 Å². The first kappa shape index (κ1) is 9.58. The number of rotatable bonds is 2. The molecule has 0 radical (unpaired) electrons. The van der Waals surface area contributed by atoms with Crippen LogP contribution in [0.25, 0.3) is 10.8 Å². The van der Waals surface area contributed by atoms with E-state index in [-0.39, 0.29) is 5.82 Å². The Morgan fingerprint density at radius 3 is 2.88 bits per heavy atom. The van der Waals surface area contributed by atoms with Gasteiger partial charge in [0.05, 0.1) is 7.11 Å². The molecule has 1 aromatic carbocycles. The molecule has 1 heterocycles. The lowest BCUT2D eigenvalue weighted by molar-refractivity contribution is 0.398. The van der Waals surface area contributed by atoms with Gasteiger partial charge in [-0.15, -0.1) is 0 Å². The smallest absolute Gasteiger partial charge is 0.213 e. The number of halogens is 1. The zero-order valence-corrected chi connectivity index (χ0v) is 9.03. The maximum Gasteiger partial charge on any atom is 0.213 e. The molecule has 16 heavy (non-hydrogen) atoms. The van der Waals surface area contributed by atoms with Crippen molar-refractivity contribution >= 4 is 10.8 Å². The van der Waals surface area contributed by atoms with Crippen LogP contribution < -0.4 is 4.74 Å². The molecule has 0 spiro atoms. The monoisotopic (exact) mass is 217 g/mol. The van der Waals surface area contributed by atoms with Crippen molar-refractivity contribution in [2.24, 2.45) is 0 Å². The Morgan fingerprint density at radius 2 is 2.19 bits per heavy atom. The number of fused-ring (bicyclic) bond motifs is 1. The molecule has 3 heteroatoms. The van der Waals surface area contributed by atoms with Gasteiger partial charge in [-0.2, -0.15) is 0 Å². The molecule has 3 rings (SSSR count). The standard InChI is InChI=1S/C13H12FNO/c1-16-12-6-9-4-5-11(14)13(8-2-3-8)10(9)7-15-12/h4-8H,2-3H2,1H3. The summed E-state index contributed by atoms with van der Waals surface area (Å²) in [5.74, 6) is 0.849. The van der Waals surface area contributed by atoms with Gasteiger partial charge in [-0.25, -0.2) is 9.37 Å². The van der Waals surface area contributed by atoms with Crippen LogP contribution in [0.4, 0.5) is 4.39 Å². The van der Waals surface area contributed by atoms with Crippen LogP contribution in [-0.2, 0) is 0 Å². The second kappa shape index (κ2) is 3.44. The molecule has 1 saturated carbocycles. The van der Waals surface area contributed by atoms with Gasteiger partial charge in [0, 0.05) is 23.2 Å². The van der Waals surface area contributed by atoms with Crippen LogP contribution in [0, 0.1) is 5.82 Å². The lowest BCUT2D eigenvalue weighted by Gasteiger charge is -2.07. The molecule has 1 aromatic heterocycles. The van der Waals surface area contributed by atoms with Crippen LogP contribution in [0.15, 0.2) is 24.4 Å². The lowest BCUT2D eigenvalue weighted by Crippen LogP contribution is -1.92. The van der Waals surface area contributed by atoms with Gasteiger partial charge < -0.3 is 4.74 Å². The van der Waals surface area contributed by atoms with Gasteiger partial charge in [0.2, 0.25) is 5.88 Å². The highest BCUT2D eigenvalue weighted by Crippen LogP contribution is 2.44. The first-order valence-corrected chi connectivity index (χ1v) is 5.42. The van der Waals surface area contributed by atoms with Crippen LogP contribution in [0.3, 0.4) is 0 Å². The van der Waals surface area contributed by atoms with Gasteiger partial charge in [0.25, 0.3) is 0 Å². The molecule has 2 aromatic rings. The van der Waals surface area contributed by atoms with Crippen LogP contribution in [0.2, 0.25) is 0 Å². The Morgan fingerprint density at radius 1 is 1.38 bits per heavy atom. The summed E-state index contributed by atoms with van der Waals surface area (Å²) >= 11 is 0. The zero-order valence-electron chi connectivity index (χ0n) is 9.03. The summed E-state index contributed by atoms with van der Waals surface area (Å²) in [6.45, 7) is 0. The van der Waals surface area contributed by atoms with Gasteiger partial charge in [-0.3, -0.25) is 0 Å². The topological polar surface area (TPSA) is 22.1 Å². The van der Waals surface area contributed by atoms with Crippen molar-refractivity contribution in [2.75, 3.05) is 7.11 Å². The molecule has 0 bridgehead atoms. The Balaban J connectivity index is 2.26. The number of nitrogens with zero attached hydrogens (tertiary/aromatic N) is 1. The second-order valence-corrected chi connectivity index (χ2v) is 4.18.